The molecule has 0 saturated carbocycles. The molecule has 3 rings (SSSR count). The van der Waals surface area contributed by atoms with Gasteiger partial charge in [-0.1, -0.05) is 23.7 Å². The van der Waals surface area contributed by atoms with Crippen molar-refractivity contribution < 1.29 is 0 Å². The van der Waals surface area contributed by atoms with E-state index in [0.717, 1.165) is 28.1 Å². The predicted octanol–water partition coefficient (Wildman–Crippen LogP) is 3.94. The summed E-state index contributed by atoms with van der Waals surface area (Å²) in [6.07, 6.45) is 1.56. The van der Waals surface area contributed by atoms with Crippen LogP contribution < -0.4 is 5.32 Å². The lowest BCUT2D eigenvalue weighted by Gasteiger charge is -2.19. The molecule has 0 bridgehead atoms. The average molecular weight is 316 g/mol. The smallest absolute Gasteiger partial charge is 0.164 e. The zero-order valence-corrected chi connectivity index (χ0v) is 13.8. The van der Waals surface area contributed by atoms with Crippen molar-refractivity contribution in [1.29, 1.82) is 0 Å². The van der Waals surface area contributed by atoms with Crippen molar-refractivity contribution in [1.82, 2.24) is 19.7 Å². The van der Waals surface area contributed by atoms with Gasteiger partial charge < -0.3 is 5.32 Å². The van der Waals surface area contributed by atoms with Crippen LogP contribution in [0, 0.1) is 0 Å². The second-order valence-corrected chi connectivity index (χ2v) is 6.55. The largest absolute Gasteiger partial charge is 0.372 e. The minimum Gasteiger partial charge on any atom is -0.372 e. The van der Waals surface area contributed by atoms with Gasteiger partial charge in [0.15, 0.2) is 5.65 Å². The molecule has 0 amide bonds. The van der Waals surface area contributed by atoms with Crippen molar-refractivity contribution in [2.75, 3.05) is 12.4 Å². The fourth-order valence-corrected chi connectivity index (χ4v) is 2.55. The van der Waals surface area contributed by atoms with E-state index in [1.165, 1.54) is 0 Å². The third-order valence-electron chi connectivity index (χ3n) is 3.45. The lowest BCUT2D eigenvalue weighted by molar-refractivity contribution is 0.367. The lowest BCUT2D eigenvalue weighted by Crippen LogP contribution is -2.23. The van der Waals surface area contributed by atoms with E-state index in [2.05, 4.69) is 36.1 Å². The molecule has 114 valence electrons. The highest BCUT2D eigenvalue weighted by Gasteiger charge is 2.24. The van der Waals surface area contributed by atoms with Crippen molar-refractivity contribution in [2.45, 2.75) is 26.3 Å². The number of anilines is 1. The van der Waals surface area contributed by atoms with Crippen LogP contribution in [-0.2, 0) is 5.54 Å². The van der Waals surface area contributed by atoms with Gasteiger partial charge in [-0.25, -0.2) is 14.6 Å². The fraction of sp³-hybridized carbons (Fsp3) is 0.312. The van der Waals surface area contributed by atoms with Gasteiger partial charge in [-0.15, -0.1) is 0 Å². The molecule has 5 nitrogen and oxygen atoms in total. The summed E-state index contributed by atoms with van der Waals surface area (Å²) < 4.78 is 1.94. The summed E-state index contributed by atoms with van der Waals surface area (Å²) in [5, 5.41) is 9.55. The molecule has 6 heteroatoms. The summed E-state index contributed by atoms with van der Waals surface area (Å²) in [4.78, 5) is 8.77. The molecule has 1 aromatic carbocycles. The van der Waals surface area contributed by atoms with Crippen molar-refractivity contribution in [3.63, 3.8) is 0 Å². The molecule has 22 heavy (non-hydrogen) atoms. The maximum Gasteiger partial charge on any atom is 0.164 e. The van der Waals surface area contributed by atoms with E-state index in [9.17, 15) is 0 Å². The number of fused-ring (bicyclic) bond motifs is 1. The van der Waals surface area contributed by atoms with Crippen LogP contribution in [0.3, 0.4) is 0 Å². The SMILES string of the molecule is CNc1ncnc2c1c(-c1ccc(Cl)cc1)nn2C(C)(C)C. The van der Waals surface area contributed by atoms with Gasteiger partial charge in [0.1, 0.15) is 17.8 Å². The molecule has 1 N–H and O–H groups in total. The Hall–Kier alpha value is -2.14. The third kappa shape index (κ3) is 2.41. The lowest BCUT2D eigenvalue weighted by atomic mass is 10.1. The van der Waals surface area contributed by atoms with Crippen LogP contribution in [0.4, 0.5) is 5.82 Å². The molecule has 0 unspecified atom stereocenters. The molecular formula is C16H18ClN5. The van der Waals surface area contributed by atoms with E-state index < -0.39 is 0 Å². The second kappa shape index (κ2) is 5.25. The standard InChI is InChI=1S/C16H18ClN5/c1-16(2,3)22-15-12(14(18-4)19-9-20-15)13(21-22)10-5-7-11(17)8-6-10/h5-9H,1-4H3,(H,18,19,20). The molecule has 0 aliphatic carbocycles. The predicted molar refractivity (Wildman–Crippen MR) is 90.3 cm³/mol. The number of hydrogen-bond donors (Lipinski definition) is 1. The normalized spacial score (nSPS) is 11.9. The molecule has 0 aliphatic heterocycles. The molecule has 3 aromatic rings. The van der Waals surface area contributed by atoms with Gasteiger partial charge in [-0.2, -0.15) is 5.10 Å². The minimum atomic E-state index is -0.178. The summed E-state index contributed by atoms with van der Waals surface area (Å²) in [5.41, 5.74) is 2.48. The van der Waals surface area contributed by atoms with E-state index in [0.29, 0.717) is 5.02 Å². The first kappa shape index (κ1) is 14.8. The Bertz CT molecular complexity index is 815. The first-order valence-electron chi connectivity index (χ1n) is 7.09. The Labute approximate surface area is 134 Å². The van der Waals surface area contributed by atoms with Crippen molar-refractivity contribution in [3.8, 4) is 11.3 Å². The zero-order valence-electron chi connectivity index (χ0n) is 13.1. The molecule has 0 saturated heterocycles. The second-order valence-electron chi connectivity index (χ2n) is 6.11. The Morgan fingerprint density at radius 2 is 1.77 bits per heavy atom. The molecule has 2 aromatic heterocycles. The third-order valence-corrected chi connectivity index (χ3v) is 3.71. The summed E-state index contributed by atoms with van der Waals surface area (Å²) in [5.74, 6) is 0.769. The van der Waals surface area contributed by atoms with Crippen LogP contribution in [0.2, 0.25) is 5.02 Å². The number of nitrogens with zero attached hydrogens (tertiary/aromatic N) is 4. The highest BCUT2D eigenvalue weighted by molar-refractivity contribution is 6.30. The molecule has 0 spiro atoms. The molecule has 2 heterocycles. The van der Waals surface area contributed by atoms with Crippen LogP contribution in [0.15, 0.2) is 30.6 Å². The Kier molecular flexibility index (Phi) is 3.53. The maximum atomic E-state index is 5.99. The van der Waals surface area contributed by atoms with E-state index >= 15 is 0 Å². The first-order valence-corrected chi connectivity index (χ1v) is 7.47. The topological polar surface area (TPSA) is 55.6 Å². The number of hydrogen-bond acceptors (Lipinski definition) is 4. The van der Waals surface area contributed by atoms with Crippen LogP contribution in [-0.4, -0.2) is 26.8 Å². The van der Waals surface area contributed by atoms with Crippen molar-refractivity contribution in [3.05, 3.63) is 35.6 Å². The summed E-state index contributed by atoms with van der Waals surface area (Å²) in [6, 6.07) is 7.65. The molecule has 0 atom stereocenters. The van der Waals surface area contributed by atoms with Gasteiger partial charge >= 0.3 is 0 Å². The van der Waals surface area contributed by atoms with Gasteiger partial charge in [0.05, 0.1) is 10.9 Å². The Morgan fingerprint density at radius 1 is 1.09 bits per heavy atom. The number of benzene rings is 1. The van der Waals surface area contributed by atoms with E-state index in [1.807, 2.05) is 36.0 Å². The highest BCUT2D eigenvalue weighted by atomic mass is 35.5. The number of aromatic nitrogens is 4. The summed E-state index contributed by atoms with van der Waals surface area (Å²) in [6.45, 7) is 6.31. The van der Waals surface area contributed by atoms with Crippen molar-refractivity contribution in [2.24, 2.45) is 0 Å². The maximum absolute atomic E-state index is 5.99. The van der Waals surface area contributed by atoms with Gasteiger partial charge in [0.2, 0.25) is 0 Å². The van der Waals surface area contributed by atoms with Gasteiger partial charge in [-0.3, -0.25) is 0 Å². The number of rotatable bonds is 2. The minimum absolute atomic E-state index is 0.178. The average Bonchev–Trinajstić information content (AvgIpc) is 2.88. The van der Waals surface area contributed by atoms with Gasteiger partial charge in [0, 0.05) is 17.6 Å². The van der Waals surface area contributed by atoms with Gasteiger partial charge in [0.25, 0.3) is 0 Å². The highest BCUT2D eigenvalue weighted by Crippen LogP contribution is 2.34. The summed E-state index contributed by atoms with van der Waals surface area (Å²) in [7, 11) is 1.85. The number of halogens is 1. The van der Waals surface area contributed by atoms with Crippen LogP contribution in [0.25, 0.3) is 22.3 Å². The Balaban J connectivity index is 2.36. The quantitative estimate of drug-likeness (QED) is 0.778. The first-order chi connectivity index (χ1) is 10.4. The zero-order chi connectivity index (χ0) is 15.9. The monoisotopic (exact) mass is 315 g/mol. The van der Waals surface area contributed by atoms with E-state index in [1.54, 1.807) is 6.33 Å². The van der Waals surface area contributed by atoms with Crippen LogP contribution in [0.1, 0.15) is 20.8 Å². The van der Waals surface area contributed by atoms with E-state index in [-0.39, 0.29) is 5.54 Å². The van der Waals surface area contributed by atoms with E-state index in [4.69, 9.17) is 16.7 Å². The Morgan fingerprint density at radius 3 is 2.36 bits per heavy atom. The van der Waals surface area contributed by atoms with Crippen molar-refractivity contribution >= 4 is 28.5 Å². The van der Waals surface area contributed by atoms with Crippen LogP contribution in [0.5, 0.6) is 0 Å². The molecular weight excluding hydrogens is 298 g/mol. The molecule has 0 aliphatic rings. The number of nitrogens with one attached hydrogen (secondary N) is 1. The summed E-state index contributed by atoms with van der Waals surface area (Å²) >= 11 is 5.99. The van der Waals surface area contributed by atoms with Gasteiger partial charge in [-0.05, 0) is 32.9 Å². The van der Waals surface area contributed by atoms with Crippen LogP contribution >= 0.6 is 11.6 Å². The fourth-order valence-electron chi connectivity index (χ4n) is 2.42. The molecule has 0 fully saturated rings. The molecule has 0 radical (unpaired) electrons.